The Kier molecular flexibility index (Phi) is 5.78. The van der Waals surface area contributed by atoms with Crippen LogP contribution in [0.25, 0.3) is 10.8 Å². The molecule has 0 saturated heterocycles. The minimum Gasteiger partial charge on any atom is -0.491 e. The van der Waals surface area contributed by atoms with E-state index >= 15 is 0 Å². The third-order valence-corrected chi connectivity index (χ3v) is 3.15. The molecule has 0 atom stereocenters. The van der Waals surface area contributed by atoms with Crippen LogP contribution in [0, 0.1) is 6.92 Å². The topological polar surface area (TPSA) is 66.6 Å². The first-order valence-electron chi connectivity index (χ1n) is 7.06. The summed E-state index contributed by atoms with van der Waals surface area (Å²) in [7, 11) is 1.69. The number of fused-ring (bicyclic) bond motifs is 1. The third-order valence-electron chi connectivity index (χ3n) is 3.15. The third kappa shape index (κ3) is 4.31. The van der Waals surface area contributed by atoms with Crippen molar-refractivity contribution in [2.24, 2.45) is 0 Å². The van der Waals surface area contributed by atoms with Gasteiger partial charge in [0.05, 0.1) is 6.61 Å². The maximum atomic E-state index is 5.97. The number of hydrogen-bond donors (Lipinski definition) is 1. The average Bonchev–Trinajstić information content (AvgIpc) is 2.48. The molecule has 0 saturated carbocycles. The van der Waals surface area contributed by atoms with Gasteiger partial charge in [0.15, 0.2) is 0 Å². The second kappa shape index (κ2) is 7.81. The van der Waals surface area contributed by atoms with Gasteiger partial charge < -0.3 is 19.9 Å². The Balaban J connectivity index is 1.93. The lowest BCUT2D eigenvalue weighted by Gasteiger charge is -2.11. The number of hydrogen-bond acceptors (Lipinski definition) is 5. The smallest absolute Gasteiger partial charge is 0.127 e. The number of methoxy groups -OCH3 is 1. The highest BCUT2D eigenvalue weighted by atomic mass is 16.5. The van der Waals surface area contributed by atoms with Gasteiger partial charge in [-0.3, -0.25) is 4.98 Å². The summed E-state index contributed by atoms with van der Waals surface area (Å²) in [5, 5.41) is 1.90. The van der Waals surface area contributed by atoms with E-state index < -0.39 is 0 Å². The highest BCUT2D eigenvalue weighted by molar-refractivity contribution is 5.96. The number of ether oxygens (including phenoxy) is 3. The molecule has 0 radical (unpaired) electrons. The average molecular weight is 290 g/mol. The minimum atomic E-state index is 0.507. The zero-order valence-corrected chi connectivity index (χ0v) is 12.6. The molecule has 0 unspecified atom stereocenters. The quantitative estimate of drug-likeness (QED) is 0.598. The van der Waals surface area contributed by atoms with Crippen molar-refractivity contribution in [3.8, 4) is 5.75 Å². The Hall–Kier alpha value is -1.85. The van der Waals surface area contributed by atoms with Crippen LogP contribution >= 0.6 is 0 Å². The molecule has 0 aliphatic carbocycles. The summed E-state index contributed by atoms with van der Waals surface area (Å²) in [6, 6.07) is 5.72. The van der Waals surface area contributed by atoms with Crippen LogP contribution < -0.4 is 10.5 Å². The lowest BCUT2D eigenvalue weighted by Crippen LogP contribution is -2.09. The van der Waals surface area contributed by atoms with Crippen molar-refractivity contribution in [1.82, 2.24) is 4.98 Å². The van der Waals surface area contributed by atoms with E-state index in [1.165, 1.54) is 0 Å². The summed E-state index contributed by atoms with van der Waals surface area (Å²) in [5.74, 6) is 0.810. The van der Waals surface area contributed by atoms with Crippen LogP contribution in [0.4, 0.5) is 5.69 Å². The van der Waals surface area contributed by atoms with E-state index in [1.807, 2.05) is 25.1 Å². The monoisotopic (exact) mass is 290 g/mol. The van der Waals surface area contributed by atoms with E-state index in [-0.39, 0.29) is 0 Å². The molecule has 2 rings (SSSR count). The van der Waals surface area contributed by atoms with Gasteiger partial charge >= 0.3 is 0 Å². The van der Waals surface area contributed by atoms with E-state index in [9.17, 15) is 0 Å². The summed E-state index contributed by atoms with van der Waals surface area (Å²) in [6.07, 6.45) is 2.68. The highest BCUT2D eigenvalue weighted by Gasteiger charge is 2.06. The van der Waals surface area contributed by atoms with E-state index in [0.29, 0.717) is 25.5 Å². The van der Waals surface area contributed by atoms with Crippen LogP contribution in [0.2, 0.25) is 0 Å². The number of benzene rings is 1. The standard InChI is InChI=1S/C16H22N2O3/c1-12-10-13-14(11-18-12)15(17)4-5-16(13)21-9-8-20-7-3-6-19-2/h4-5,10-11H,3,6-9,17H2,1-2H3. The fourth-order valence-corrected chi connectivity index (χ4v) is 2.08. The van der Waals surface area contributed by atoms with Gasteiger partial charge in [0.2, 0.25) is 0 Å². The van der Waals surface area contributed by atoms with E-state index in [1.54, 1.807) is 13.3 Å². The molecule has 0 spiro atoms. The number of rotatable bonds is 8. The van der Waals surface area contributed by atoms with Gasteiger partial charge in [-0.05, 0) is 31.5 Å². The zero-order valence-electron chi connectivity index (χ0n) is 12.6. The highest BCUT2D eigenvalue weighted by Crippen LogP contribution is 2.30. The Morgan fingerprint density at radius 2 is 1.95 bits per heavy atom. The number of pyridine rings is 1. The molecule has 0 amide bonds. The lowest BCUT2D eigenvalue weighted by molar-refractivity contribution is 0.0810. The van der Waals surface area contributed by atoms with Crippen molar-refractivity contribution in [2.75, 3.05) is 39.3 Å². The summed E-state index contributed by atoms with van der Waals surface area (Å²) in [4.78, 5) is 4.28. The number of nitrogens with zero attached hydrogens (tertiary/aromatic N) is 1. The van der Waals surface area contributed by atoms with Gasteiger partial charge in [-0.2, -0.15) is 0 Å². The molecule has 5 heteroatoms. The minimum absolute atomic E-state index is 0.507. The first-order valence-corrected chi connectivity index (χ1v) is 7.06. The Morgan fingerprint density at radius 1 is 1.10 bits per heavy atom. The fraction of sp³-hybridized carbons (Fsp3) is 0.438. The van der Waals surface area contributed by atoms with E-state index in [2.05, 4.69) is 4.98 Å². The fourth-order valence-electron chi connectivity index (χ4n) is 2.08. The molecule has 0 aliphatic heterocycles. The molecule has 0 aliphatic rings. The van der Waals surface area contributed by atoms with Crippen LogP contribution in [-0.4, -0.2) is 38.5 Å². The first kappa shape index (κ1) is 15.5. The molecule has 1 heterocycles. The van der Waals surface area contributed by atoms with Crippen molar-refractivity contribution in [3.05, 3.63) is 30.1 Å². The van der Waals surface area contributed by atoms with Crippen LogP contribution in [0.1, 0.15) is 12.1 Å². The molecule has 2 aromatic rings. The maximum Gasteiger partial charge on any atom is 0.127 e. The van der Waals surface area contributed by atoms with Crippen molar-refractivity contribution < 1.29 is 14.2 Å². The molecule has 21 heavy (non-hydrogen) atoms. The number of nitrogens with two attached hydrogens (primary N) is 1. The number of anilines is 1. The molecular formula is C16H22N2O3. The lowest BCUT2D eigenvalue weighted by atomic mass is 10.1. The largest absolute Gasteiger partial charge is 0.491 e. The van der Waals surface area contributed by atoms with Gasteiger partial charge in [0.25, 0.3) is 0 Å². The van der Waals surface area contributed by atoms with Gasteiger partial charge in [-0.25, -0.2) is 0 Å². The van der Waals surface area contributed by atoms with E-state index in [4.69, 9.17) is 19.9 Å². The molecule has 1 aromatic heterocycles. The van der Waals surface area contributed by atoms with Crippen molar-refractivity contribution >= 4 is 16.5 Å². The SMILES string of the molecule is COCCCOCCOc1ccc(N)c2cnc(C)cc12. The summed E-state index contributed by atoms with van der Waals surface area (Å²) < 4.78 is 16.2. The molecule has 0 fully saturated rings. The number of nitrogen functional groups attached to an aromatic ring is 1. The molecular weight excluding hydrogens is 268 g/mol. The van der Waals surface area contributed by atoms with Gasteiger partial charge in [-0.15, -0.1) is 0 Å². The van der Waals surface area contributed by atoms with Crippen LogP contribution in [0.5, 0.6) is 5.75 Å². The Morgan fingerprint density at radius 3 is 2.76 bits per heavy atom. The van der Waals surface area contributed by atoms with Gasteiger partial charge in [0, 0.05) is 48.7 Å². The normalized spacial score (nSPS) is 11.0. The second-order valence-corrected chi connectivity index (χ2v) is 4.83. The van der Waals surface area contributed by atoms with E-state index in [0.717, 1.165) is 35.2 Å². The summed E-state index contributed by atoms with van der Waals surface area (Å²) >= 11 is 0. The molecule has 0 bridgehead atoms. The van der Waals surface area contributed by atoms with Crippen molar-refractivity contribution in [2.45, 2.75) is 13.3 Å². The molecule has 2 N–H and O–H groups in total. The predicted octanol–water partition coefficient (Wildman–Crippen LogP) is 2.56. The van der Waals surface area contributed by atoms with Crippen molar-refractivity contribution in [3.63, 3.8) is 0 Å². The summed E-state index contributed by atoms with van der Waals surface area (Å²) in [5.41, 5.74) is 7.61. The van der Waals surface area contributed by atoms with Crippen LogP contribution in [-0.2, 0) is 9.47 Å². The predicted molar refractivity (Wildman–Crippen MR) is 83.7 cm³/mol. The van der Waals surface area contributed by atoms with Crippen LogP contribution in [0.15, 0.2) is 24.4 Å². The van der Waals surface area contributed by atoms with Crippen molar-refractivity contribution in [1.29, 1.82) is 0 Å². The number of aromatic nitrogens is 1. The molecule has 114 valence electrons. The first-order chi connectivity index (χ1) is 10.2. The molecule has 1 aromatic carbocycles. The molecule has 5 nitrogen and oxygen atoms in total. The Bertz CT molecular complexity index is 587. The second-order valence-electron chi connectivity index (χ2n) is 4.83. The zero-order chi connectivity index (χ0) is 15.1. The van der Waals surface area contributed by atoms with Crippen LogP contribution in [0.3, 0.4) is 0 Å². The maximum absolute atomic E-state index is 5.97. The van der Waals surface area contributed by atoms with Gasteiger partial charge in [-0.1, -0.05) is 0 Å². The Labute approximate surface area is 125 Å². The number of aryl methyl sites for hydroxylation is 1. The summed E-state index contributed by atoms with van der Waals surface area (Å²) in [6.45, 7) is 4.41. The van der Waals surface area contributed by atoms with Gasteiger partial charge in [0.1, 0.15) is 12.4 Å².